The Labute approximate surface area is 216 Å². The molecule has 0 aliphatic carbocycles. The molecular formula is C24H24BrCl2N5O2. The Morgan fingerprint density at radius 3 is 2.56 bits per heavy atom. The molecule has 0 radical (unpaired) electrons. The number of nitrogens with zero attached hydrogens (tertiary/aromatic N) is 4. The molecule has 0 atom stereocenters. The van der Waals surface area contributed by atoms with Gasteiger partial charge in [0, 0.05) is 41.2 Å². The van der Waals surface area contributed by atoms with E-state index in [9.17, 15) is 4.79 Å². The van der Waals surface area contributed by atoms with Crippen LogP contribution in [0.3, 0.4) is 0 Å². The second-order valence-corrected chi connectivity index (χ2v) is 10.8. The van der Waals surface area contributed by atoms with Gasteiger partial charge in [-0.25, -0.2) is 9.69 Å². The SMILES string of the molecule is CN1CCN(NC(=O)c2nn(-c3ccc(Cl)cc3Cl)c3c2C(C)(C)Oc2cc(Br)ccc2-3)CC1. The van der Waals surface area contributed by atoms with Crippen LogP contribution in [0.2, 0.25) is 10.0 Å². The summed E-state index contributed by atoms with van der Waals surface area (Å²) in [6, 6.07) is 11.1. The predicted octanol–water partition coefficient (Wildman–Crippen LogP) is 5.13. The molecule has 3 aromatic rings. The van der Waals surface area contributed by atoms with E-state index in [1.54, 1.807) is 22.9 Å². The van der Waals surface area contributed by atoms with Crippen molar-refractivity contribution in [3.05, 3.63) is 62.2 Å². The van der Waals surface area contributed by atoms with Crippen LogP contribution in [0.1, 0.15) is 29.9 Å². The minimum absolute atomic E-state index is 0.276. The molecule has 2 aromatic carbocycles. The summed E-state index contributed by atoms with van der Waals surface area (Å²) in [5.74, 6) is 0.422. The molecule has 1 aromatic heterocycles. The number of hydrogen-bond donors (Lipinski definition) is 1. The lowest BCUT2D eigenvalue weighted by molar-refractivity contribution is 0.0640. The van der Waals surface area contributed by atoms with E-state index >= 15 is 0 Å². The first-order valence-corrected chi connectivity index (χ1v) is 12.5. The molecular weight excluding hydrogens is 541 g/mol. The third-order valence-corrected chi connectivity index (χ3v) is 7.20. The number of likely N-dealkylation sites (N-methyl/N-ethyl adjacent to an activating group) is 1. The lowest BCUT2D eigenvalue weighted by Crippen LogP contribution is -2.52. The van der Waals surface area contributed by atoms with Crippen LogP contribution >= 0.6 is 39.1 Å². The number of ether oxygens (including phenoxy) is 1. The molecule has 1 N–H and O–H groups in total. The van der Waals surface area contributed by atoms with Crippen molar-refractivity contribution in [2.75, 3.05) is 33.2 Å². The van der Waals surface area contributed by atoms with E-state index in [0.717, 1.165) is 41.9 Å². The van der Waals surface area contributed by atoms with Crippen LogP contribution in [0.15, 0.2) is 40.9 Å². The van der Waals surface area contributed by atoms with Crippen molar-refractivity contribution in [2.45, 2.75) is 19.4 Å². The molecule has 7 nitrogen and oxygen atoms in total. The Morgan fingerprint density at radius 1 is 1.12 bits per heavy atom. The topological polar surface area (TPSA) is 62.6 Å². The van der Waals surface area contributed by atoms with E-state index in [-0.39, 0.29) is 5.91 Å². The lowest BCUT2D eigenvalue weighted by atomic mass is 9.89. The van der Waals surface area contributed by atoms with Crippen LogP contribution in [0.5, 0.6) is 5.75 Å². The maximum Gasteiger partial charge on any atom is 0.286 e. The number of nitrogens with one attached hydrogen (secondary N) is 1. The molecule has 0 spiro atoms. The number of carbonyl (C=O) groups excluding carboxylic acids is 1. The largest absolute Gasteiger partial charge is 0.482 e. The maximum atomic E-state index is 13.5. The summed E-state index contributed by atoms with van der Waals surface area (Å²) in [7, 11) is 2.07. The number of benzene rings is 2. The summed E-state index contributed by atoms with van der Waals surface area (Å²) in [6.45, 7) is 7.12. The third-order valence-electron chi connectivity index (χ3n) is 6.17. The van der Waals surface area contributed by atoms with Crippen molar-refractivity contribution in [2.24, 2.45) is 0 Å². The van der Waals surface area contributed by atoms with Gasteiger partial charge in [-0.1, -0.05) is 39.1 Å². The van der Waals surface area contributed by atoms with Crippen molar-refractivity contribution in [3.8, 4) is 22.7 Å². The van der Waals surface area contributed by atoms with Crippen LogP contribution in [0, 0.1) is 0 Å². The highest BCUT2D eigenvalue weighted by Crippen LogP contribution is 2.48. The Kier molecular flexibility index (Phi) is 6.14. The molecule has 178 valence electrons. The van der Waals surface area contributed by atoms with Gasteiger partial charge in [0.2, 0.25) is 0 Å². The van der Waals surface area contributed by atoms with Gasteiger partial charge >= 0.3 is 0 Å². The van der Waals surface area contributed by atoms with Gasteiger partial charge in [-0.05, 0) is 57.3 Å². The van der Waals surface area contributed by atoms with E-state index in [1.807, 2.05) is 37.1 Å². The number of rotatable bonds is 3. The number of amides is 1. The van der Waals surface area contributed by atoms with Gasteiger partial charge < -0.3 is 9.64 Å². The van der Waals surface area contributed by atoms with E-state index in [2.05, 4.69) is 33.3 Å². The molecule has 34 heavy (non-hydrogen) atoms. The zero-order valence-corrected chi connectivity index (χ0v) is 22.1. The van der Waals surface area contributed by atoms with Gasteiger partial charge in [-0.2, -0.15) is 5.10 Å². The smallest absolute Gasteiger partial charge is 0.286 e. The molecule has 1 fully saturated rings. The summed E-state index contributed by atoms with van der Waals surface area (Å²) >= 11 is 16.3. The number of aromatic nitrogens is 2. The summed E-state index contributed by atoms with van der Waals surface area (Å²) < 4.78 is 9.01. The Balaban J connectivity index is 1.68. The van der Waals surface area contributed by atoms with Gasteiger partial charge in [0.25, 0.3) is 5.91 Å². The number of halogens is 3. The molecule has 5 rings (SSSR count). The second-order valence-electron chi connectivity index (χ2n) is 9.06. The van der Waals surface area contributed by atoms with Gasteiger partial charge in [0.05, 0.1) is 22.0 Å². The first kappa shape index (κ1) is 23.6. The van der Waals surface area contributed by atoms with Crippen LogP contribution in [0.25, 0.3) is 16.9 Å². The fraction of sp³-hybridized carbons (Fsp3) is 0.333. The van der Waals surface area contributed by atoms with E-state index < -0.39 is 5.60 Å². The van der Waals surface area contributed by atoms with Gasteiger partial charge in [-0.15, -0.1) is 0 Å². The van der Waals surface area contributed by atoms with Crippen molar-refractivity contribution in [1.29, 1.82) is 0 Å². The van der Waals surface area contributed by atoms with Crippen molar-refractivity contribution in [3.63, 3.8) is 0 Å². The van der Waals surface area contributed by atoms with E-state index in [0.29, 0.717) is 32.7 Å². The number of carbonyl (C=O) groups is 1. The molecule has 0 unspecified atom stereocenters. The maximum absolute atomic E-state index is 13.5. The Morgan fingerprint density at radius 2 is 1.85 bits per heavy atom. The minimum atomic E-state index is -0.810. The zero-order valence-electron chi connectivity index (χ0n) is 19.0. The third kappa shape index (κ3) is 4.22. The van der Waals surface area contributed by atoms with Gasteiger partial charge in [0.15, 0.2) is 5.69 Å². The summed E-state index contributed by atoms with van der Waals surface area (Å²) in [6.07, 6.45) is 0. The lowest BCUT2D eigenvalue weighted by Gasteiger charge is -2.34. The Hall–Kier alpha value is -2.10. The molecule has 2 aliphatic heterocycles. The highest BCUT2D eigenvalue weighted by molar-refractivity contribution is 9.10. The minimum Gasteiger partial charge on any atom is -0.482 e. The Bertz CT molecular complexity index is 1280. The first-order chi connectivity index (χ1) is 16.1. The molecule has 2 aliphatic rings. The quantitative estimate of drug-likeness (QED) is 0.478. The van der Waals surface area contributed by atoms with E-state index in [4.69, 9.17) is 33.0 Å². The molecule has 1 amide bonds. The normalized spacial score (nSPS) is 17.6. The molecule has 0 bridgehead atoms. The fourth-order valence-corrected chi connectivity index (χ4v) is 5.27. The molecule has 1 saturated heterocycles. The molecule has 3 heterocycles. The summed E-state index contributed by atoms with van der Waals surface area (Å²) in [5.41, 5.74) is 5.47. The summed E-state index contributed by atoms with van der Waals surface area (Å²) in [4.78, 5) is 15.8. The monoisotopic (exact) mass is 563 g/mol. The number of piperazine rings is 1. The standard InChI is InChI=1S/C24H24BrCl2N5O2/c1-24(2)20-21(23(33)29-31-10-8-30(3)9-11-31)28-32(18-7-5-15(26)13-17(18)27)22(20)16-6-4-14(25)12-19(16)34-24/h4-7,12-13H,8-11H2,1-3H3,(H,29,33). The first-order valence-electron chi connectivity index (χ1n) is 11.0. The van der Waals surface area contributed by atoms with Crippen molar-refractivity contribution >= 4 is 45.0 Å². The predicted molar refractivity (Wildman–Crippen MR) is 137 cm³/mol. The van der Waals surface area contributed by atoms with Gasteiger partial charge in [0.1, 0.15) is 11.4 Å². The van der Waals surface area contributed by atoms with Crippen LogP contribution < -0.4 is 10.2 Å². The molecule has 10 heteroatoms. The number of fused-ring (bicyclic) bond motifs is 3. The highest BCUT2D eigenvalue weighted by Gasteiger charge is 2.41. The summed E-state index contributed by atoms with van der Waals surface area (Å²) in [5, 5.41) is 7.69. The zero-order chi connectivity index (χ0) is 24.2. The average Bonchev–Trinajstić information content (AvgIpc) is 3.17. The van der Waals surface area contributed by atoms with Crippen LogP contribution in [-0.4, -0.2) is 58.8 Å². The van der Waals surface area contributed by atoms with E-state index in [1.165, 1.54) is 0 Å². The fourth-order valence-electron chi connectivity index (χ4n) is 4.44. The number of hydrazine groups is 1. The van der Waals surface area contributed by atoms with Crippen molar-refractivity contribution < 1.29 is 9.53 Å². The average molecular weight is 565 g/mol. The van der Waals surface area contributed by atoms with Crippen molar-refractivity contribution in [1.82, 2.24) is 25.1 Å². The number of hydrogen-bond acceptors (Lipinski definition) is 5. The second kappa shape index (κ2) is 8.84. The van der Waals surface area contributed by atoms with Crippen LogP contribution in [0.4, 0.5) is 0 Å². The van der Waals surface area contributed by atoms with Gasteiger partial charge in [-0.3, -0.25) is 10.2 Å². The molecule has 0 saturated carbocycles. The highest BCUT2D eigenvalue weighted by atomic mass is 79.9. The van der Waals surface area contributed by atoms with Crippen LogP contribution in [-0.2, 0) is 5.60 Å².